The Hall–Kier alpha value is -1.90. The third-order valence-corrected chi connectivity index (χ3v) is 3.76. The van der Waals surface area contributed by atoms with Crippen LogP contribution in [0.5, 0.6) is 0 Å². The van der Waals surface area contributed by atoms with E-state index in [2.05, 4.69) is 10.2 Å². The van der Waals surface area contributed by atoms with Gasteiger partial charge in [-0.3, -0.25) is 23.9 Å². The van der Waals surface area contributed by atoms with E-state index in [0.717, 1.165) is 16.7 Å². The van der Waals surface area contributed by atoms with Crippen LogP contribution in [-0.2, 0) is 14.4 Å². The Bertz CT molecular complexity index is 529. The monoisotopic (exact) mass is 284 g/mol. The number of rotatable bonds is 4. The van der Waals surface area contributed by atoms with E-state index in [9.17, 15) is 14.4 Å². The molecule has 19 heavy (non-hydrogen) atoms. The zero-order chi connectivity index (χ0) is 14.0. The minimum absolute atomic E-state index is 0.158. The Morgan fingerprint density at radius 3 is 3.00 bits per heavy atom. The van der Waals surface area contributed by atoms with Crippen LogP contribution >= 0.6 is 11.8 Å². The van der Waals surface area contributed by atoms with Crippen LogP contribution < -0.4 is 0 Å². The number of carboxylic acids is 1. The fourth-order valence-electron chi connectivity index (χ4n) is 1.83. The number of carbonyl (C=O) groups is 3. The molecular formula is C10H12N4O4S. The molecule has 0 spiro atoms. The summed E-state index contributed by atoms with van der Waals surface area (Å²) >= 11 is 0.994. The molecule has 0 radical (unpaired) electrons. The van der Waals surface area contributed by atoms with Crippen LogP contribution in [0.3, 0.4) is 0 Å². The average Bonchev–Trinajstić information content (AvgIpc) is 2.82. The van der Waals surface area contributed by atoms with E-state index >= 15 is 0 Å². The predicted octanol–water partition coefficient (Wildman–Crippen LogP) is -0.225. The number of likely N-dealkylation sites (N-methyl/N-ethyl adjacent to an activating group) is 1. The molecule has 1 aromatic rings. The predicted molar refractivity (Wildman–Crippen MR) is 64.4 cm³/mol. The number of hydrogen-bond donors (Lipinski definition) is 1. The van der Waals surface area contributed by atoms with E-state index in [1.165, 1.54) is 17.9 Å². The third-order valence-electron chi connectivity index (χ3n) is 2.82. The van der Waals surface area contributed by atoms with Gasteiger partial charge in [0.25, 0.3) is 5.91 Å². The highest BCUT2D eigenvalue weighted by Crippen LogP contribution is 2.27. The fraction of sp³-hybridized carbons (Fsp3) is 0.500. The molecule has 0 aromatic carbocycles. The smallest absolute Gasteiger partial charge is 0.313 e. The summed E-state index contributed by atoms with van der Waals surface area (Å²) in [5, 5.41) is 16.5. The van der Waals surface area contributed by atoms with Gasteiger partial charge >= 0.3 is 5.97 Å². The SMILES string of the molecule is CN1C(=O)CCC(n2cnnc2SCC(=O)O)C1=O. The quantitative estimate of drug-likeness (QED) is 0.601. The summed E-state index contributed by atoms with van der Waals surface area (Å²) in [5.41, 5.74) is 0. The third kappa shape index (κ3) is 2.75. The van der Waals surface area contributed by atoms with Gasteiger partial charge in [0.2, 0.25) is 5.91 Å². The average molecular weight is 284 g/mol. The van der Waals surface area contributed by atoms with Crippen LogP contribution in [0.1, 0.15) is 18.9 Å². The summed E-state index contributed by atoms with van der Waals surface area (Å²) in [6.07, 6.45) is 2.03. The molecule has 2 rings (SSSR count). The largest absolute Gasteiger partial charge is 0.481 e. The molecule has 1 aliphatic rings. The molecule has 1 fully saturated rings. The number of hydrogen-bond acceptors (Lipinski definition) is 6. The molecule has 1 N–H and O–H groups in total. The van der Waals surface area contributed by atoms with Crippen molar-refractivity contribution in [3.63, 3.8) is 0 Å². The van der Waals surface area contributed by atoms with Gasteiger partial charge in [-0.1, -0.05) is 11.8 Å². The van der Waals surface area contributed by atoms with Crippen LogP contribution in [0.4, 0.5) is 0 Å². The van der Waals surface area contributed by atoms with Gasteiger partial charge in [0.15, 0.2) is 5.16 Å². The molecule has 2 amide bonds. The summed E-state index contributed by atoms with van der Waals surface area (Å²) in [4.78, 5) is 35.1. The topological polar surface area (TPSA) is 105 Å². The van der Waals surface area contributed by atoms with E-state index in [4.69, 9.17) is 5.11 Å². The first-order chi connectivity index (χ1) is 9.00. The highest BCUT2D eigenvalue weighted by Gasteiger charge is 2.34. The molecule has 0 saturated carbocycles. The van der Waals surface area contributed by atoms with Gasteiger partial charge in [0, 0.05) is 13.5 Å². The van der Waals surface area contributed by atoms with Crippen LogP contribution in [0.25, 0.3) is 0 Å². The molecule has 1 saturated heterocycles. The van der Waals surface area contributed by atoms with Crippen molar-refractivity contribution in [3.05, 3.63) is 6.33 Å². The zero-order valence-electron chi connectivity index (χ0n) is 10.1. The van der Waals surface area contributed by atoms with Gasteiger partial charge in [0.1, 0.15) is 12.4 Å². The van der Waals surface area contributed by atoms with Gasteiger partial charge in [0.05, 0.1) is 5.75 Å². The summed E-state index contributed by atoms with van der Waals surface area (Å²) in [6, 6.07) is -0.547. The van der Waals surface area contributed by atoms with Gasteiger partial charge < -0.3 is 5.11 Å². The first-order valence-corrected chi connectivity index (χ1v) is 6.53. The number of nitrogens with zero attached hydrogens (tertiary/aromatic N) is 4. The van der Waals surface area contributed by atoms with Gasteiger partial charge in [-0.25, -0.2) is 0 Å². The highest BCUT2D eigenvalue weighted by atomic mass is 32.2. The van der Waals surface area contributed by atoms with Gasteiger partial charge in [-0.2, -0.15) is 0 Å². The van der Waals surface area contributed by atoms with Gasteiger partial charge in [-0.05, 0) is 6.42 Å². The molecular weight excluding hydrogens is 272 g/mol. The van der Waals surface area contributed by atoms with E-state index in [1.54, 1.807) is 0 Å². The Morgan fingerprint density at radius 1 is 1.58 bits per heavy atom. The summed E-state index contributed by atoms with van der Waals surface area (Å²) in [5.74, 6) is -1.67. The lowest BCUT2D eigenvalue weighted by Crippen LogP contribution is -2.43. The molecule has 1 aliphatic heterocycles. The Morgan fingerprint density at radius 2 is 2.32 bits per heavy atom. The normalized spacial score (nSPS) is 19.8. The molecule has 0 aliphatic carbocycles. The Kier molecular flexibility index (Phi) is 3.84. The molecule has 0 bridgehead atoms. The van der Waals surface area contributed by atoms with E-state index in [-0.39, 0.29) is 24.0 Å². The van der Waals surface area contributed by atoms with Crippen molar-refractivity contribution in [2.24, 2.45) is 0 Å². The van der Waals surface area contributed by atoms with Crippen molar-refractivity contribution in [1.82, 2.24) is 19.7 Å². The van der Waals surface area contributed by atoms with E-state index < -0.39 is 12.0 Å². The first-order valence-electron chi connectivity index (χ1n) is 5.55. The van der Waals surface area contributed by atoms with Crippen molar-refractivity contribution in [2.45, 2.75) is 24.0 Å². The standard InChI is InChI=1S/C10H12N4O4S/c1-13-7(15)3-2-6(9(13)18)14-5-11-12-10(14)19-4-8(16)17/h5-6H,2-4H2,1H3,(H,16,17). The molecule has 1 aromatic heterocycles. The number of carbonyl (C=O) groups excluding carboxylic acids is 2. The summed E-state index contributed by atoms with van der Waals surface area (Å²) in [6.45, 7) is 0. The molecule has 1 atom stereocenters. The van der Waals surface area contributed by atoms with Gasteiger partial charge in [-0.15, -0.1) is 10.2 Å². The number of likely N-dealkylation sites (tertiary alicyclic amines) is 1. The molecule has 102 valence electrons. The first kappa shape index (κ1) is 13.5. The lowest BCUT2D eigenvalue weighted by atomic mass is 10.0. The number of aliphatic carboxylic acids is 1. The van der Waals surface area contributed by atoms with Crippen molar-refractivity contribution in [2.75, 3.05) is 12.8 Å². The maximum Gasteiger partial charge on any atom is 0.313 e. The molecule has 8 nitrogen and oxygen atoms in total. The zero-order valence-corrected chi connectivity index (χ0v) is 11.0. The maximum absolute atomic E-state index is 12.0. The second kappa shape index (κ2) is 5.39. The lowest BCUT2D eigenvalue weighted by molar-refractivity contribution is -0.149. The second-order valence-corrected chi connectivity index (χ2v) is 4.99. The van der Waals surface area contributed by atoms with Crippen LogP contribution in [0.2, 0.25) is 0 Å². The summed E-state index contributed by atoms with van der Waals surface area (Å²) < 4.78 is 1.53. The number of thioether (sulfide) groups is 1. The van der Waals surface area contributed by atoms with E-state index in [0.29, 0.717) is 11.6 Å². The number of aromatic nitrogens is 3. The Labute approximate surface area is 112 Å². The van der Waals surface area contributed by atoms with E-state index in [1.807, 2.05) is 0 Å². The van der Waals surface area contributed by atoms with Crippen LogP contribution in [0.15, 0.2) is 11.5 Å². The fourth-order valence-corrected chi connectivity index (χ4v) is 2.51. The minimum Gasteiger partial charge on any atom is -0.481 e. The van der Waals surface area contributed by atoms with Crippen LogP contribution in [-0.4, -0.2) is 55.4 Å². The molecule has 9 heteroatoms. The second-order valence-electron chi connectivity index (χ2n) is 4.05. The van der Waals surface area contributed by atoms with Crippen molar-refractivity contribution < 1.29 is 19.5 Å². The summed E-state index contributed by atoms with van der Waals surface area (Å²) in [7, 11) is 1.44. The minimum atomic E-state index is -0.971. The van der Waals surface area contributed by atoms with Crippen molar-refractivity contribution in [1.29, 1.82) is 0 Å². The highest BCUT2D eigenvalue weighted by molar-refractivity contribution is 7.99. The lowest BCUT2D eigenvalue weighted by Gasteiger charge is -2.28. The molecule has 1 unspecified atom stereocenters. The number of amides is 2. The van der Waals surface area contributed by atoms with Crippen molar-refractivity contribution >= 4 is 29.5 Å². The maximum atomic E-state index is 12.0. The molecule has 2 heterocycles. The number of carboxylic acid groups (broad SMARTS) is 1. The number of piperidine rings is 1. The van der Waals surface area contributed by atoms with Crippen molar-refractivity contribution in [3.8, 4) is 0 Å². The van der Waals surface area contributed by atoms with Crippen LogP contribution in [0, 0.1) is 0 Å². The Balaban J connectivity index is 2.18. The number of imide groups is 1.